The summed E-state index contributed by atoms with van der Waals surface area (Å²) in [7, 11) is 0. The number of nitrogens with zero attached hydrogens (tertiary/aromatic N) is 1. The van der Waals surface area contributed by atoms with Crippen LogP contribution < -0.4 is 16.0 Å². The third kappa shape index (κ3) is 5.05. The van der Waals surface area contributed by atoms with Crippen LogP contribution in [0.25, 0.3) is 0 Å². The van der Waals surface area contributed by atoms with Crippen LogP contribution in [-0.4, -0.2) is 19.0 Å². The molecule has 1 saturated heterocycles. The summed E-state index contributed by atoms with van der Waals surface area (Å²) in [6.45, 7) is 6.18. The number of hydrogen-bond donors (Lipinski definition) is 2. The van der Waals surface area contributed by atoms with Crippen molar-refractivity contribution in [1.29, 1.82) is 0 Å². The van der Waals surface area contributed by atoms with Crippen molar-refractivity contribution in [3.8, 4) is 0 Å². The molecular weight excluding hydrogens is 369 g/mol. The third-order valence-corrected chi connectivity index (χ3v) is 4.70. The Morgan fingerprint density at radius 3 is 2.50 bits per heavy atom. The van der Waals surface area contributed by atoms with E-state index in [9.17, 15) is 4.79 Å². The van der Waals surface area contributed by atoms with Crippen LogP contribution in [0.2, 0.25) is 0 Å². The number of rotatable bonds is 4. The van der Waals surface area contributed by atoms with Gasteiger partial charge >= 0.3 is 0 Å². The second-order valence-corrected chi connectivity index (χ2v) is 6.56. The fraction of sp³-hybridized carbons (Fsp3) is 0.350. The van der Waals surface area contributed by atoms with Gasteiger partial charge in [0, 0.05) is 30.0 Å². The average molecular weight is 396 g/mol. The zero-order valence-electron chi connectivity index (χ0n) is 15.2. The average Bonchev–Trinajstić information content (AvgIpc) is 3.11. The summed E-state index contributed by atoms with van der Waals surface area (Å²) in [5.41, 5.74) is 10.3. The van der Waals surface area contributed by atoms with Gasteiger partial charge in [0.25, 0.3) is 5.91 Å². The van der Waals surface area contributed by atoms with Crippen LogP contribution in [0.4, 0.5) is 11.4 Å². The Hall–Kier alpha value is -1.91. The number of nitrogen functional groups attached to an aromatic ring is 1. The van der Waals surface area contributed by atoms with E-state index in [1.165, 1.54) is 18.5 Å². The maximum absolute atomic E-state index is 12.6. The van der Waals surface area contributed by atoms with Gasteiger partial charge in [0.05, 0.1) is 6.04 Å². The van der Waals surface area contributed by atoms with Gasteiger partial charge < -0.3 is 16.0 Å². The van der Waals surface area contributed by atoms with Crippen molar-refractivity contribution in [2.75, 3.05) is 23.7 Å². The van der Waals surface area contributed by atoms with E-state index in [2.05, 4.69) is 34.5 Å². The predicted molar refractivity (Wildman–Crippen MR) is 114 cm³/mol. The van der Waals surface area contributed by atoms with Gasteiger partial charge in [-0.25, -0.2) is 0 Å². The number of carbonyl (C=O) groups is 1. The standard InChI is InChI=1S/C20H25N3O.2ClH/c1-14-8-9-17(21)13-19(14)20(24)22-15(2)16-6-5-7-18(12-16)23-10-3-4-11-23;;/h5-9,12-13,15H,3-4,10-11,21H2,1-2H3,(H,22,24);2*1H. The molecule has 2 aromatic rings. The SMILES string of the molecule is Cc1ccc(N)cc1C(=O)NC(C)c1cccc(N2CCCC2)c1.Cl.Cl. The Bertz CT molecular complexity index is 746. The zero-order valence-corrected chi connectivity index (χ0v) is 16.8. The minimum absolute atomic E-state index is 0. The molecule has 0 saturated carbocycles. The first-order valence-corrected chi connectivity index (χ1v) is 8.56. The van der Waals surface area contributed by atoms with Crippen LogP contribution in [0.1, 0.15) is 47.3 Å². The Kier molecular flexibility index (Phi) is 8.25. The molecule has 1 amide bonds. The Labute approximate surface area is 168 Å². The highest BCUT2D eigenvalue weighted by Gasteiger charge is 2.16. The first kappa shape index (κ1) is 22.1. The second kappa shape index (κ2) is 9.70. The molecule has 0 aliphatic carbocycles. The molecule has 26 heavy (non-hydrogen) atoms. The lowest BCUT2D eigenvalue weighted by Gasteiger charge is -2.21. The number of anilines is 2. The molecule has 1 heterocycles. The summed E-state index contributed by atoms with van der Waals surface area (Å²) >= 11 is 0. The summed E-state index contributed by atoms with van der Waals surface area (Å²) in [5, 5.41) is 3.09. The van der Waals surface area contributed by atoms with Crippen molar-refractivity contribution in [3.63, 3.8) is 0 Å². The van der Waals surface area contributed by atoms with E-state index < -0.39 is 0 Å². The number of benzene rings is 2. The van der Waals surface area contributed by atoms with Gasteiger partial charge in [-0.1, -0.05) is 18.2 Å². The highest BCUT2D eigenvalue weighted by atomic mass is 35.5. The summed E-state index contributed by atoms with van der Waals surface area (Å²) < 4.78 is 0. The van der Waals surface area contributed by atoms with E-state index in [-0.39, 0.29) is 36.8 Å². The molecule has 2 aromatic carbocycles. The smallest absolute Gasteiger partial charge is 0.252 e. The van der Waals surface area contributed by atoms with E-state index in [0.717, 1.165) is 24.2 Å². The van der Waals surface area contributed by atoms with Crippen molar-refractivity contribution in [3.05, 3.63) is 59.2 Å². The number of nitrogens with two attached hydrogens (primary N) is 1. The number of halogens is 2. The second-order valence-electron chi connectivity index (χ2n) is 6.56. The van der Waals surface area contributed by atoms with Crippen LogP contribution in [0.15, 0.2) is 42.5 Å². The van der Waals surface area contributed by atoms with Gasteiger partial charge in [0.2, 0.25) is 0 Å². The van der Waals surface area contributed by atoms with E-state index in [4.69, 9.17) is 5.73 Å². The largest absolute Gasteiger partial charge is 0.399 e. The molecule has 1 aliphatic rings. The first-order valence-electron chi connectivity index (χ1n) is 8.56. The number of amides is 1. The number of hydrogen-bond acceptors (Lipinski definition) is 3. The lowest BCUT2D eigenvalue weighted by atomic mass is 10.0. The van der Waals surface area contributed by atoms with Gasteiger partial charge in [-0.2, -0.15) is 0 Å². The predicted octanol–water partition coefficient (Wildman–Crippen LogP) is 4.51. The monoisotopic (exact) mass is 395 g/mol. The molecular formula is C20H27Cl2N3O. The van der Waals surface area contributed by atoms with Crippen LogP contribution in [0.5, 0.6) is 0 Å². The van der Waals surface area contributed by atoms with Crippen LogP contribution in [-0.2, 0) is 0 Å². The summed E-state index contributed by atoms with van der Waals surface area (Å²) in [6.07, 6.45) is 2.51. The molecule has 1 atom stereocenters. The minimum atomic E-state index is -0.0844. The molecule has 0 aromatic heterocycles. The molecule has 0 spiro atoms. The van der Waals surface area contributed by atoms with Gasteiger partial charge in [-0.3, -0.25) is 4.79 Å². The summed E-state index contributed by atoms with van der Waals surface area (Å²) in [5.74, 6) is -0.0844. The van der Waals surface area contributed by atoms with Gasteiger partial charge in [-0.15, -0.1) is 24.8 Å². The molecule has 4 nitrogen and oxygen atoms in total. The van der Waals surface area contributed by atoms with Gasteiger partial charge in [0.15, 0.2) is 0 Å². The van der Waals surface area contributed by atoms with Crippen molar-refractivity contribution in [2.45, 2.75) is 32.7 Å². The number of nitrogens with one attached hydrogen (secondary N) is 1. The fourth-order valence-electron chi connectivity index (χ4n) is 3.21. The zero-order chi connectivity index (χ0) is 17.1. The third-order valence-electron chi connectivity index (χ3n) is 4.70. The van der Waals surface area contributed by atoms with Crippen molar-refractivity contribution in [2.24, 2.45) is 0 Å². The molecule has 0 bridgehead atoms. The quantitative estimate of drug-likeness (QED) is 0.748. The van der Waals surface area contributed by atoms with Crippen LogP contribution >= 0.6 is 24.8 Å². The van der Waals surface area contributed by atoms with E-state index in [1.54, 1.807) is 6.07 Å². The van der Waals surface area contributed by atoms with E-state index in [1.807, 2.05) is 26.0 Å². The van der Waals surface area contributed by atoms with E-state index >= 15 is 0 Å². The summed E-state index contributed by atoms with van der Waals surface area (Å²) in [4.78, 5) is 15.0. The molecule has 3 rings (SSSR count). The molecule has 3 N–H and O–H groups in total. The Morgan fingerprint density at radius 1 is 1.12 bits per heavy atom. The van der Waals surface area contributed by atoms with Gasteiger partial charge in [0.1, 0.15) is 0 Å². The molecule has 6 heteroatoms. The molecule has 1 fully saturated rings. The lowest BCUT2D eigenvalue weighted by Crippen LogP contribution is -2.27. The molecule has 0 radical (unpaired) electrons. The Morgan fingerprint density at radius 2 is 1.81 bits per heavy atom. The van der Waals surface area contributed by atoms with Gasteiger partial charge in [-0.05, 0) is 62.1 Å². The molecule has 1 aliphatic heterocycles. The highest BCUT2D eigenvalue weighted by Crippen LogP contribution is 2.24. The van der Waals surface area contributed by atoms with Crippen LogP contribution in [0.3, 0.4) is 0 Å². The first-order chi connectivity index (χ1) is 11.5. The van der Waals surface area contributed by atoms with Crippen molar-refractivity contribution in [1.82, 2.24) is 5.32 Å². The number of aryl methyl sites for hydroxylation is 1. The highest BCUT2D eigenvalue weighted by molar-refractivity contribution is 5.96. The number of carbonyl (C=O) groups excluding carboxylic acids is 1. The maximum Gasteiger partial charge on any atom is 0.252 e. The van der Waals surface area contributed by atoms with Crippen LogP contribution in [0, 0.1) is 6.92 Å². The lowest BCUT2D eigenvalue weighted by molar-refractivity contribution is 0.0939. The maximum atomic E-state index is 12.6. The van der Waals surface area contributed by atoms with Crippen molar-refractivity contribution < 1.29 is 4.79 Å². The van der Waals surface area contributed by atoms with Crippen molar-refractivity contribution >= 4 is 42.1 Å². The fourth-order valence-corrected chi connectivity index (χ4v) is 3.21. The van der Waals surface area contributed by atoms with E-state index in [0.29, 0.717) is 11.3 Å². The topological polar surface area (TPSA) is 58.4 Å². The Balaban J connectivity index is 0.00000169. The normalized spacial score (nSPS) is 14.2. The summed E-state index contributed by atoms with van der Waals surface area (Å²) in [6, 6.07) is 13.8. The minimum Gasteiger partial charge on any atom is -0.399 e. The molecule has 142 valence electrons. The molecule has 1 unspecified atom stereocenters.